The number of carbonyl (C=O) groups excluding carboxylic acids is 1. The lowest BCUT2D eigenvalue weighted by Gasteiger charge is -2.32. The Balaban J connectivity index is 2.57. The summed E-state index contributed by atoms with van der Waals surface area (Å²) in [6.45, 7) is 1.23. The molecule has 1 aliphatic heterocycles. The first-order valence-electron chi connectivity index (χ1n) is 4.62. The van der Waals surface area contributed by atoms with E-state index >= 15 is 0 Å². The summed E-state index contributed by atoms with van der Waals surface area (Å²) in [5.41, 5.74) is 0. The quantitative estimate of drug-likeness (QED) is 0.615. The third-order valence-electron chi connectivity index (χ3n) is 2.44. The highest BCUT2D eigenvalue weighted by Crippen LogP contribution is 2.16. The minimum absolute atomic E-state index is 0.0370. The number of likely N-dealkylation sites (tertiary alicyclic amines) is 1. The Morgan fingerprint density at radius 3 is 3.08 bits per heavy atom. The van der Waals surface area contributed by atoms with Crippen LogP contribution in [-0.2, 0) is 4.79 Å². The summed E-state index contributed by atoms with van der Waals surface area (Å²) in [6.07, 6.45) is 3.05. The second-order valence-corrected chi connectivity index (χ2v) is 3.25. The summed E-state index contributed by atoms with van der Waals surface area (Å²) in [4.78, 5) is 13.3. The smallest absolute Gasteiger partial charge is 0.237 e. The van der Waals surface area contributed by atoms with Gasteiger partial charge in [0.2, 0.25) is 5.91 Å². The van der Waals surface area contributed by atoms with Crippen LogP contribution in [0.2, 0.25) is 0 Å². The molecule has 13 heavy (non-hydrogen) atoms. The Morgan fingerprint density at radius 2 is 2.46 bits per heavy atom. The minimum atomic E-state index is -0.0848. The molecule has 1 unspecified atom stereocenters. The van der Waals surface area contributed by atoms with Gasteiger partial charge in [0, 0.05) is 7.05 Å². The summed E-state index contributed by atoms with van der Waals surface area (Å²) in [6, 6.07) is 2.01. The highest BCUT2D eigenvalue weighted by molar-refractivity contribution is 5.81. The van der Waals surface area contributed by atoms with Crippen molar-refractivity contribution in [2.45, 2.75) is 25.3 Å². The van der Waals surface area contributed by atoms with Gasteiger partial charge in [-0.15, -0.1) is 0 Å². The third-order valence-corrected chi connectivity index (χ3v) is 2.44. The van der Waals surface area contributed by atoms with Crippen LogP contribution in [-0.4, -0.2) is 37.0 Å². The number of likely N-dealkylation sites (N-methyl/N-ethyl adjacent to an activating group) is 1. The van der Waals surface area contributed by atoms with Crippen LogP contribution in [0.4, 0.5) is 0 Å². The van der Waals surface area contributed by atoms with Crippen molar-refractivity contribution in [3.05, 3.63) is 0 Å². The molecule has 0 saturated carbocycles. The number of rotatable bonds is 2. The molecule has 1 atom stereocenters. The van der Waals surface area contributed by atoms with E-state index in [0.717, 1.165) is 25.8 Å². The molecular formula is C9H15N3O. The summed E-state index contributed by atoms with van der Waals surface area (Å²) in [7, 11) is 1.64. The average Bonchev–Trinajstić information content (AvgIpc) is 2.18. The summed E-state index contributed by atoms with van der Waals surface area (Å²) >= 11 is 0. The number of piperidine rings is 1. The molecule has 0 aromatic rings. The molecule has 0 spiro atoms. The van der Waals surface area contributed by atoms with Gasteiger partial charge in [-0.05, 0) is 19.4 Å². The van der Waals surface area contributed by atoms with Gasteiger partial charge in [0.05, 0.1) is 18.7 Å². The van der Waals surface area contributed by atoms with Crippen LogP contribution in [0.15, 0.2) is 0 Å². The van der Waals surface area contributed by atoms with Gasteiger partial charge in [-0.25, -0.2) is 0 Å². The van der Waals surface area contributed by atoms with Gasteiger partial charge in [-0.2, -0.15) is 5.26 Å². The van der Waals surface area contributed by atoms with Gasteiger partial charge in [-0.3, -0.25) is 9.69 Å². The fraction of sp³-hybridized carbons (Fsp3) is 0.778. The van der Waals surface area contributed by atoms with Crippen LogP contribution in [0.3, 0.4) is 0 Å². The SMILES string of the molecule is CNC(=O)C1CCCCN1CC#N. The largest absolute Gasteiger partial charge is 0.358 e. The second kappa shape index (κ2) is 4.83. The van der Waals surface area contributed by atoms with Gasteiger partial charge >= 0.3 is 0 Å². The summed E-state index contributed by atoms with van der Waals surface area (Å²) in [5.74, 6) is 0.0370. The highest BCUT2D eigenvalue weighted by atomic mass is 16.2. The lowest BCUT2D eigenvalue weighted by molar-refractivity contribution is -0.126. The van der Waals surface area contributed by atoms with Crippen molar-refractivity contribution in [2.24, 2.45) is 0 Å². The number of hydrogen-bond donors (Lipinski definition) is 1. The van der Waals surface area contributed by atoms with Crippen LogP contribution in [0, 0.1) is 11.3 Å². The number of carbonyl (C=O) groups is 1. The topological polar surface area (TPSA) is 56.1 Å². The van der Waals surface area contributed by atoms with E-state index < -0.39 is 0 Å². The van der Waals surface area contributed by atoms with Crippen LogP contribution < -0.4 is 5.32 Å². The molecule has 1 fully saturated rings. The Kier molecular flexibility index (Phi) is 3.71. The number of nitrogens with one attached hydrogen (secondary N) is 1. The fourth-order valence-corrected chi connectivity index (χ4v) is 1.73. The molecule has 4 nitrogen and oxygen atoms in total. The van der Waals surface area contributed by atoms with Crippen LogP contribution in [0.5, 0.6) is 0 Å². The van der Waals surface area contributed by atoms with E-state index in [1.807, 2.05) is 4.90 Å². The number of nitrogens with zero attached hydrogens (tertiary/aromatic N) is 2. The molecule has 1 aliphatic rings. The van der Waals surface area contributed by atoms with Gasteiger partial charge in [0.1, 0.15) is 0 Å². The Bertz CT molecular complexity index is 221. The molecule has 72 valence electrons. The Morgan fingerprint density at radius 1 is 1.69 bits per heavy atom. The maximum Gasteiger partial charge on any atom is 0.237 e. The normalized spacial score (nSPS) is 23.5. The zero-order chi connectivity index (χ0) is 9.68. The molecule has 1 amide bonds. The minimum Gasteiger partial charge on any atom is -0.358 e. The number of nitriles is 1. The third kappa shape index (κ3) is 2.43. The molecule has 0 bridgehead atoms. The van der Waals surface area contributed by atoms with E-state index in [4.69, 9.17) is 5.26 Å². The van der Waals surface area contributed by atoms with Gasteiger partial charge in [-0.1, -0.05) is 6.42 Å². The zero-order valence-electron chi connectivity index (χ0n) is 7.92. The van der Waals surface area contributed by atoms with E-state index in [2.05, 4.69) is 11.4 Å². The molecule has 1 heterocycles. The van der Waals surface area contributed by atoms with E-state index in [1.54, 1.807) is 7.05 Å². The van der Waals surface area contributed by atoms with Crippen LogP contribution in [0.25, 0.3) is 0 Å². The predicted molar refractivity (Wildman–Crippen MR) is 48.9 cm³/mol. The van der Waals surface area contributed by atoms with Crippen molar-refractivity contribution in [3.63, 3.8) is 0 Å². The molecule has 4 heteroatoms. The lowest BCUT2D eigenvalue weighted by Crippen LogP contribution is -2.48. The number of hydrogen-bond acceptors (Lipinski definition) is 3. The predicted octanol–water partition coefficient (Wildman–Crippen LogP) is 0.110. The first-order chi connectivity index (χ1) is 6.29. The van der Waals surface area contributed by atoms with E-state index in [0.29, 0.717) is 6.54 Å². The molecule has 0 aromatic carbocycles. The van der Waals surface area contributed by atoms with Gasteiger partial charge in [0.25, 0.3) is 0 Å². The molecule has 0 aromatic heterocycles. The standard InChI is InChI=1S/C9H15N3O/c1-11-9(13)8-4-2-3-6-12(8)7-5-10/h8H,2-4,6-7H2,1H3,(H,11,13). The van der Waals surface area contributed by atoms with Crippen LogP contribution >= 0.6 is 0 Å². The van der Waals surface area contributed by atoms with Crippen molar-refractivity contribution in [2.75, 3.05) is 20.1 Å². The summed E-state index contributed by atoms with van der Waals surface area (Å²) < 4.78 is 0. The Labute approximate surface area is 78.5 Å². The maximum absolute atomic E-state index is 11.4. The molecule has 0 radical (unpaired) electrons. The van der Waals surface area contributed by atoms with Gasteiger partial charge < -0.3 is 5.32 Å². The molecule has 1 rings (SSSR count). The highest BCUT2D eigenvalue weighted by Gasteiger charge is 2.27. The van der Waals surface area contributed by atoms with Crippen LogP contribution in [0.1, 0.15) is 19.3 Å². The van der Waals surface area contributed by atoms with Crippen molar-refractivity contribution in [3.8, 4) is 6.07 Å². The molecule has 1 saturated heterocycles. The van der Waals surface area contributed by atoms with Gasteiger partial charge in [0.15, 0.2) is 0 Å². The second-order valence-electron chi connectivity index (χ2n) is 3.25. The van der Waals surface area contributed by atoms with Crippen molar-refractivity contribution in [1.82, 2.24) is 10.2 Å². The maximum atomic E-state index is 11.4. The summed E-state index contributed by atoms with van der Waals surface area (Å²) in [5, 5.41) is 11.2. The first kappa shape index (κ1) is 10.0. The molecular weight excluding hydrogens is 166 g/mol. The fourth-order valence-electron chi connectivity index (χ4n) is 1.73. The van der Waals surface area contributed by atoms with E-state index in [9.17, 15) is 4.79 Å². The lowest BCUT2D eigenvalue weighted by atomic mass is 10.0. The van der Waals surface area contributed by atoms with Crippen molar-refractivity contribution >= 4 is 5.91 Å². The molecule has 0 aliphatic carbocycles. The molecule has 1 N–H and O–H groups in total. The Hall–Kier alpha value is -1.08. The van der Waals surface area contributed by atoms with Crippen molar-refractivity contribution in [1.29, 1.82) is 5.26 Å². The monoisotopic (exact) mass is 181 g/mol. The van der Waals surface area contributed by atoms with E-state index in [1.165, 1.54) is 0 Å². The zero-order valence-corrected chi connectivity index (χ0v) is 7.92. The average molecular weight is 181 g/mol. The first-order valence-corrected chi connectivity index (χ1v) is 4.62. The number of amides is 1. The van der Waals surface area contributed by atoms with Crippen molar-refractivity contribution < 1.29 is 4.79 Å². The van der Waals surface area contributed by atoms with E-state index in [-0.39, 0.29) is 11.9 Å².